The van der Waals surface area contributed by atoms with Gasteiger partial charge in [-0.25, -0.2) is 4.79 Å². The van der Waals surface area contributed by atoms with E-state index in [1.165, 1.54) is 4.57 Å². The molecule has 9 heteroatoms. The molecular formula is C22H16ClN5O3. The number of carbonyl (C=O) groups excluding carboxylic acids is 2. The summed E-state index contributed by atoms with van der Waals surface area (Å²) in [5.74, 6) is -0.540. The van der Waals surface area contributed by atoms with Gasteiger partial charge in [0.05, 0.1) is 18.4 Å². The summed E-state index contributed by atoms with van der Waals surface area (Å²) in [5, 5.41) is 17.6. The lowest BCUT2D eigenvalue weighted by atomic mass is 9.89. The second-order valence-corrected chi connectivity index (χ2v) is 7.73. The minimum Gasteiger partial charge on any atom is -0.494 e. The monoisotopic (exact) mass is 433 g/mol. The first kappa shape index (κ1) is 19.1. The van der Waals surface area contributed by atoms with Crippen molar-refractivity contribution in [3.05, 3.63) is 77.8 Å². The summed E-state index contributed by atoms with van der Waals surface area (Å²) in [6.45, 7) is -0.00675. The van der Waals surface area contributed by atoms with Crippen LogP contribution in [0.3, 0.4) is 0 Å². The number of nitrogens with one attached hydrogen (secondary N) is 2. The second-order valence-electron chi connectivity index (χ2n) is 7.29. The van der Waals surface area contributed by atoms with Crippen LogP contribution < -0.4 is 10.6 Å². The molecule has 8 nitrogen and oxygen atoms in total. The fourth-order valence-electron chi connectivity index (χ4n) is 3.87. The third-order valence-corrected chi connectivity index (χ3v) is 5.64. The van der Waals surface area contributed by atoms with Crippen LogP contribution in [0.25, 0.3) is 22.0 Å². The Hall–Kier alpha value is -3.91. The Balaban J connectivity index is 1.57. The topological polar surface area (TPSA) is 109 Å². The number of urea groups is 1. The molecule has 2 aromatic carbocycles. The highest BCUT2D eigenvalue weighted by Crippen LogP contribution is 2.35. The lowest BCUT2D eigenvalue weighted by molar-refractivity contribution is -0.124. The van der Waals surface area contributed by atoms with E-state index in [2.05, 4.69) is 20.6 Å². The van der Waals surface area contributed by atoms with E-state index in [0.717, 1.165) is 10.9 Å². The molecule has 3 N–H and O–H groups in total. The van der Waals surface area contributed by atoms with E-state index in [1.54, 1.807) is 55.1 Å². The first-order valence-electron chi connectivity index (χ1n) is 9.44. The molecule has 0 spiro atoms. The number of aromatic nitrogens is 3. The number of halogens is 1. The summed E-state index contributed by atoms with van der Waals surface area (Å²) in [4.78, 5) is 33.3. The van der Waals surface area contributed by atoms with Gasteiger partial charge in [-0.3, -0.25) is 20.1 Å². The number of rotatable bonds is 4. The van der Waals surface area contributed by atoms with Gasteiger partial charge in [-0.1, -0.05) is 41.9 Å². The van der Waals surface area contributed by atoms with Crippen molar-refractivity contribution in [1.29, 1.82) is 0 Å². The number of fused-ring (bicyclic) bond motifs is 1. The third-order valence-electron chi connectivity index (χ3n) is 5.41. The zero-order valence-electron chi connectivity index (χ0n) is 16.0. The van der Waals surface area contributed by atoms with Crippen molar-refractivity contribution in [3.8, 4) is 17.1 Å². The zero-order valence-corrected chi connectivity index (χ0v) is 16.8. The van der Waals surface area contributed by atoms with E-state index >= 15 is 0 Å². The van der Waals surface area contributed by atoms with Crippen molar-refractivity contribution in [2.24, 2.45) is 0 Å². The summed E-state index contributed by atoms with van der Waals surface area (Å²) in [7, 11) is 0. The van der Waals surface area contributed by atoms with Crippen LogP contribution in [0.2, 0.25) is 5.02 Å². The Morgan fingerprint density at radius 1 is 1.10 bits per heavy atom. The van der Waals surface area contributed by atoms with Gasteiger partial charge in [0.15, 0.2) is 11.4 Å². The van der Waals surface area contributed by atoms with Crippen LogP contribution in [0.5, 0.6) is 5.88 Å². The molecule has 0 unspecified atom stereocenters. The Morgan fingerprint density at radius 2 is 1.90 bits per heavy atom. The normalized spacial score (nSPS) is 18.2. The van der Waals surface area contributed by atoms with E-state index in [1.807, 2.05) is 12.1 Å². The Bertz CT molecular complexity index is 1320. The van der Waals surface area contributed by atoms with Crippen molar-refractivity contribution in [1.82, 2.24) is 25.2 Å². The Kier molecular flexibility index (Phi) is 4.37. The lowest BCUT2D eigenvalue weighted by Gasteiger charge is -2.27. The molecule has 0 bridgehead atoms. The number of hydrogen-bond acceptors (Lipinski definition) is 5. The molecule has 0 saturated carbocycles. The van der Waals surface area contributed by atoms with Crippen molar-refractivity contribution >= 4 is 34.3 Å². The van der Waals surface area contributed by atoms with Crippen LogP contribution in [0, 0.1) is 0 Å². The predicted octanol–water partition coefficient (Wildman–Crippen LogP) is 3.19. The van der Waals surface area contributed by atoms with E-state index in [-0.39, 0.29) is 12.4 Å². The molecule has 0 radical (unpaired) electrons. The maximum absolute atomic E-state index is 12.9. The number of hydrogen-bond donors (Lipinski definition) is 3. The first-order valence-corrected chi connectivity index (χ1v) is 9.82. The van der Waals surface area contributed by atoms with Crippen LogP contribution in [0.15, 0.2) is 67.3 Å². The van der Waals surface area contributed by atoms with Gasteiger partial charge in [-0.05, 0) is 17.7 Å². The number of aromatic hydroxyl groups is 1. The largest absolute Gasteiger partial charge is 0.494 e. The molecule has 0 aliphatic carbocycles. The molecule has 154 valence electrons. The fraction of sp³-hybridized carbons (Fsp3) is 0.0909. The number of benzene rings is 2. The van der Waals surface area contributed by atoms with Gasteiger partial charge < -0.3 is 15.0 Å². The molecule has 3 amide bonds. The molecule has 1 atom stereocenters. The summed E-state index contributed by atoms with van der Waals surface area (Å²) in [6, 6.07) is 11.7. The minimum absolute atomic E-state index is 0.00675. The van der Waals surface area contributed by atoms with E-state index in [9.17, 15) is 14.7 Å². The second kappa shape index (κ2) is 7.10. The van der Waals surface area contributed by atoms with E-state index in [4.69, 9.17) is 11.6 Å². The van der Waals surface area contributed by atoms with E-state index < -0.39 is 17.5 Å². The summed E-state index contributed by atoms with van der Waals surface area (Å²) in [5.41, 5.74) is 0.683. The fourth-order valence-corrected chi connectivity index (χ4v) is 4.04. The summed E-state index contributed by atoms with van der Waals surface area (Å²) >= 11 is 6.05. The molecular weight excluding hydrogens is 418 g/mol. The molecule has 31 heavy (non-hydrogen) atoms. The first-order chi connectivity index (χ1) is 15.0. The Morgan fingerprint density at radius 3 is 2.58 bits per heavy atom. The third kappa shape index (κ3) is 3.17. The molecule has 3 heterocycles. The smallest absolute Gasteiger partial charge is 0.322 e. The Labute approximate surface area is 181 Å². The van der Waals surface area contributed by atoms with Gasteiger partial charge >= 0.3 is 6.03 Å². The molecule has 1 fully saturated rings. The minimum atomic E-state index is -1.39. The standard InChI is InChI=1S/C22H16ClN5O3/c23-16-6-3-14-11-28(19(29)17(14)9-16)12-22(20(30)26-21(31)27-22)15-4-1-13(2-5-15)18-10-24-7-8-25-18/h1-11,29H,12H2,(H2,26,27,30,31)/t22-/m0/s1. The summed E-state index contributed by atoms with van der Waals surface area (Å²) in [6.07, 6.45) is 6.55. The molecule has 4 aromatic rings. The zero-order chi connectivity index (χ0) is 21.6. The van der Waals surface area contributed by atoms with Gasteiger partial charge in [-0.2, -0.15) is 0 Å². The van der Waals surface area contributed by atoms with Gasteiger partial charge in [0.2, 0.25) is 0 Å². The van der Waals surface area contributed by atoms with Crippen molar-refractivity contribution in [3.63, 3.8) is 0 Å². The van der Waals surface area contributed by atoms with Gasteiger partial charge in [0.1, 0.15) is 0 Å². The number of imide groups is 1. The van der Waals surface area contributed by atoms with Crippen molar-refractivity contribution < 1.29 is 14.7 Å². The average Bonchev–Trinajstić information content (AvgIpc) is 3.24. The van der Waals surface area contributed by atoms with Gasteiger partial charge in [0, 0.05) is 39.9 Å². The van der Waals surface area contributed by atoms with Gasteiger partial charge in [-0.15, -0.1) is 0 Å². The highest BCUT2D eigenvalue weighted by Gasteiger charge is 2.48. The quantitative estimate of drug-likeness (QED) is 0.428. The molecule has 2 aromatic heterocycles. The van der Waals surface area contributed by atoms with Crippen molar-refractivity contribution in [2.75, 3.05) is 0 Å². The number of nitrogens with zero attached hydrogens (tertiary/aromatic N) is 3. The van der Waals surface area contributed by atoms with Crippen LogP contribution in [0.4, 0.5) is 4.79 Å². The number of amides is 3. The average molecular weight is 434 g/mol. The van der Waals surface area contributed by atoms with Crippen molar-refractivity contribution in [2.45, 2.75) is 12.1 Å². The molecule has 1 aliphatic rings. The number of carbonyl (C=O) groups is 2. The highest BCUT2D eigenvalue weighted by molar-refractivity contribution is 6.31. The van der Waals surface area contributed by atoms with E-state index in [0.29, 0.717) is 21.7 Å². The molecule has 5 rings (SSSR count). The van der Waals surface area contributed by atoms with Gasteiger partial charge in [0.25, 0.3) is 5.91 Å². The lowest BCUT2D eigenvalue weighted by Crippen LogP contribution is -2.47. The van der Waals surface area contributed by atoms with Crippen LogP contribution in [-0.2, 0) is 16.9 Å². The van der Waals surface area contributed by atoms with Crippen LogP contribution in [-0.4, -0.2) is 31.6 Å². The SMILES string of the molecule is O=C1NC(=O)[C@](Cn2cc3ccc(Cl)cc3c2O)(c2ccc(-c3cnccn3)cc2)N1. The summed E-state index contributed by atoms with van der Waals surface area (Å²) < 4.78 is 1.53. The maximum atomic E-state index is 12.9. The highest BCUT2D eigenvalue weighted by atomic mass is 35.5. The molecule has 1 saturated heterocycles. The predicted molar refractivity (Wildman–Crippen MR) is 114 cm³/mol. The molecule has 1 aliphatic heterocycles. The van der Waals surface area contributed by atoms with Crippen LogP contribution in [0.1, 0.15) is 5.56 Å². The maximum Gasteiger partial charge on any atom is 0.322 e. The van der Waals surface area contributed by atoms with Crippen LogP contribution >= 0.6 is 11.6 Å².